The Labute approximate surface area is 154 Å². The van der Waals surface area contributed by atoms with Gasteiger partial charge in [-0.3, -0.25) is 4.79 Å². The number of rotatable bonds is 2. The maximum absolute atomic E-state index is 12.9. The number of alkyl halides is 3. The van der Waals surface area contributed by atoms with Gasteiger partial charge in [0.05, 0.1) is 16.6 Å². The van der Waals surface area contributed by atoms with Gasteiger partial charge in [0.25, 0.3) is 5.91 Å². The minimum absolute atomic E-state index is 0.0425. The van der Waals surface area contributed by atoms with Gasteiger partial charge < -0.3 is 9.88 Å². The summed E-state index contributed by atoms with van der Waals surface area (Å²) in [5.74, 6) is 0.487. The van der Waals surface area contributed by atoms with E-state index in [1.54, 1.807) is 4.90 Å². The van der Waals surface area contributed by atoms with Gasteiger partial charge in [0.1, 0.15) is 5.82 Å². The molecule has 3 aromatic rings. The molecule has 1 aliphatic heterocycles. The Balaban J connectivity index is 1.55. The molecule has 1 atom stereocenters. The second-order valence-electron chi connectivity index (χ2n) is 6.81. The summed E-state index contributed by atoms with van der Waals surface area (Å²) in [6, 6.07) is 12.3. The molecule has 1 unspecified atom stereocenters. The number of piperidine rings is 1. The number of hydrogen-bond acceptors (Lipinski definition) is 2. The number of carbonyl (C=O) groups excluding carboxylic acids is 1. The minimum Gasteiger partial charge on any atom is -0.342 e. The van der Waals surface area contributed by atoms with Crippen LogP contribution in [0.15, 0.2) is 48.5 Å². The number of nitrogens with zero attached hydrogens (tertiary/aromatic N) is 2. The van der Waals surface area contributed by atoms with Crippen molar-refractivity contribution in [1.29, 1.82) is 0 Å². The Morgan fingerprint density at radius 2 is 1.96 bits per heavy atom. The molecule has 2 heterocycles. The fourth-order valence-corrected chi connectivity index (χ4v) is 3.56. The fourth-order valence-electron chi connectivity index (χ4n) is 3.56. The molecule has 27 heavy (non-hydrogen) atoms. The van der Waals surface area contributed by atoms with Crippen molar-refractivity contribution in [3.8, 4) is 0 Å². The van der Waals surface area contributed by atoms with Crippen molar-refractivity contribution in [2.75, 3.05) is 13.1 Å². The predicted octanol–water partition coefficient (Wildman–Crippen LogP) is 4.60. The number of fused-ring (bicyclic) bond motifs is 1. The van der Waals surface area contributed by atoms with E-state index in [-0.39, 0.29) is 17.4 Å². The summed E-state index contributed by atoms with van der Waals surface area (Å²) >= 11 is 0. The van der Waals surface area contributed by atoms with E-state index >= 15 is 0 Å². The van der Waals surface area contributed by atoms with Crippen molar-refractivity contribution in [3.63, 3.8) is 0 Å². The van der Waals surface area contributed by atoms with Crippen LogP contribution in [0, 0.1) is 0 Å². The second-order valence-corrected chi connectivity index (χ2v) is 6.81. The van der Waals surface area contributed by atoms with Crippen LogP contribution in [0.4, 0.5) is 13.2 Å². The zero-order valence-electron chi connectivity index (χ0n) is 14.5. The first-order valence-corrected chi connectivity index (χ1v) is 8.83. The van der Waals surface area contributed by atoms with Crippen LogP contribution < -0.4 is 0 Å². The minimum atomic E-state index is -4.46. The van der Waals surface area contributed by atoms with E-state index in [0.717, 1.165) is 41.8 Å². The molecule has 0 spiro atoms. The Morgan fingerprint density at radius 1 is 1.15 bits per heavy atom. The lowest BCUT2D eigenvalue weighted by Gasteiger charge is -2.32. The molecule has 0 radical (unpaired) electrons. The van der Waals surface area contributed by atoms with Crippen LogP contribution in [-0.4, -0.2) is 33.9 Å². The van der Waals surface area contributed by atoms with Crippen LogP contribution in [0.3, 0.4) is 0 Å². The summed E-state index contributed by atoms with van der Waals surface area (Å²) in [6.07, 6.45) is -2.80. The number of nitrogens with one attached hydrogen (secondary N) is 1. The van der Waals surface area contributed by atoms with Crippen molar-refractivity contribution >= 4 is 16.9 Å². The molecule has 7 heteroatoms. The van der Waals surface area contributed by atoms with Gasteiger partial charge in [-0.2, -0.15) is 13.2 Å². The number of benzene rings is 2. The average Bonchev–Trinajstić information content (AvgIpc) is 3.11. The third-order valence-corrected chi connectivity index (χ3v) is 4.94. The van der Waals surface area contributed by atoms with Crippen LogP contribution in [0.5, 0.6) is 0 Å². The monoisotopic (exact) mass is 373 g/mol. The predicted molar refractivity (Wildman–Crippen MR) is 95.4 cm³/mol. The number of aromatic nitrogens is 2. The number of imidazole rings is 1. The summed E-state index contributed by atoms with van der Waals surface area (Å²) < 4.78 is 38.8. The molecule has 4 rings (SSSR count). The van der Waals surface area contributed by atoms with Crippen molar-refractivity contribution in [1.82, 2.24) is 14.9 Å². The number of halogens is 3. The molecule has 0 bridgehead atoms. The van der Waals surface area contributed by atoms with Gasteiger partial charge >= 0.3 is 6.18 Å². The number of likely N-dealkylation sites (tertiary alicyclic amines) is 1. The van der Waals surface area contributed by atoms with Gasteiger partial charge in [-0.15, -0.1) is 0 Å². The van der Waals surface area contributed by atoms with Gasteiger partial charge in [0.2, 0.25) is 0 Å². The third-order valence-electron chi connectivity index (χ3n) is 4.94. The molecule has 0 aliphatic carbocycles. The first-order chi connectivity index (χ1) is 12.9. The molecule has 1 fully saturated rings. The molecule has 1 amide bonds. The maximum Gasteiger partial charge on any atom is 0.416 e. The average molecular weight is 373 g/mol. The highest BCUT2D eigenvalue weighted by molar-refractivity contribution is 5.94. The zero-order chi connectivity index (χ0) is 19.0. The zero-order valence-corrected chi connectivity index (χ0v) is 14.5. The normalized spacial score (nSPS) is 18.0. The van der Waals surface area contributed by atoms with E-state index < -0.39 is 11.7 Å². The molecular weight excluding hydrogens is 355 g/mol. The Morgan fingerprint density at radius 3 is 2.74 bits per heavy atom. The van der Waals surface area contributed by atoms with E-state index in [1.165, 1.54) is 12.1 Å². The molecule has 0 saturated carbocycles. The third kappa shape index (κ3) is 3.54. The molecule has 1 aliphatic rings. The molecule has 1 N–H and O–H groups in total. The quantitative estimate of drug-likeness (QED) is 0.714. The Hall–Kier alpha value is -2.83. The number of carbonyl (C=O) groups is 1. The smallest absolute Gasteiger partial charge is 0.342 e. The molecule has 1 aromatic heterocycles. The molecule has 2 aromatic carbocycles. The maximum atomic E-state index is 12.9. The lowest BCUT2D eigenvalue weighted by atomic mass is 9.96. The van der Waals surface area contributed by atoms with Crippen molar-refractivity contribution < 1.29 is 18.0 Å². The van der Waals surface area contributed by atoms with Crippen LogP contribution in [0.2, 0.25) is 0 Å². The van der Waals surface area contributed by atoms with Crippen LogP contribution in [0.1, 0.15) is 40.5 Å². The highest BCUT2D eigenvalue weighted by Crippen LogP contribution is 2.31. The van der Waals surface area contributed by atoms with E-state index in [0.29, 0.717) is 13.1 Å². The molecule has 1 saturated heterocycles. The SMILES string of the molecule is O=C(c1cccc(C(F)(F)F)c1)N1CCCC(c2nc3ccccc3[nH]2)C1. The van der Waals surface area contributed by atoms with Crippen LogP contribution in [-0.2, 0) is 6.18 Å². The number of amides is 1. The van der Waals surface area contributed by atoms with Crippen molar-refractivity contribution in [2.45, 2.75) is 24.9 Å². The molecule has 140 valence electrons. The van der Waals surface area contributed by atoms with E-state index in [4.69, 9.17) is 0 Å². The standard InChI is InChI=1S/C20H18F3N3O/c21-20(22,23)15-7-3-5-13(11-15)19(27)26-10-4-6-14(12-26)18-24-16-8-1-2-9-17(16)25-18/h1-3,5,7-9,11,14H,4,6,10,12H2,(H,24,25). The lowest BCUT2D eigenvalue weighted by molar-refractivity contribution is -0.137. The number of hydrogen-bond donors (Lipinski definition) is 1. The highest BCUT2D eigenvalue weighted by Gasteiger charge is 2.32. The van der Waals surface area contributed by atoms with E-state index in [9.17, 15) is 18.0 Å². The number of H-pyrrole nitrogens is 1. The van der Waals surface area contributed by atoms with Gasteiger partial charge in [-0.05, 0) is 43.2 Å². The Bertz CT molecular complexity index is 947. The second kappa shape index (κ2) is 6.72. The summed E-state index contributed by atoms with van der Waals surface area (Å²) in [4.78, 5) is 22.3. The lowest BCUT2D eigenvalue weighted by Crippen LogP contribution is -2.39. The first kappa shape index (κ1) is 17.6. The van der Waals surface area contributed by atoms with E-state index in [1.807, 2.05) is 24.3 Å². The van der Waals surface area contributed by atoms with Crippen molar-refractivity contribution in [3.05, 3.63) is 65.5 Å². The summed E-state index contributed by atoms with van der Waals surface area (Å²) in [5.41, 5.74) is 1.07. The van der Waals surface area contributed by atoms with Crippen LogP contribution in [0.25, 0.3) is 11.0 Å². The highest BCUT2D eigenvalue weighted by atomic mass is 19.4. The Kier molecular flexibility index (Phi) is 4.37. The fraction of sp³-hybridized carbons (Fsp3) is 0.300. The van der Waals surface area contributed by atoms with Gasteiger partial charge in [0, 0.05) is 24.6 Å². The first-order valence-electron chi connectivity index (χ1n) is 8.83. The summed E-state index contributed by atoms with van der Waals surface area (Å²) in [6.45, 7) is 0.973. The van der Waals surface area contributed by atoms with Crippen LogP contribution >= 0.6 is 0 Å². The van der Waals surface area contributed by atoms with Gasteiger partial charge in [-0.25, -0.2) is 4.98 Å². The topological polar surface area (TPSA) is 49.0 Å². The summed E-state index contributed by atoms with van der Waals surface area (Å²) in [7, 11) is 0. The van der Waals surface area contributed by atoms with Crippen molar-refractivity contribution in [2.24, 2.45) is 0 Å². The molecule has 4 nitrogen and oxygen atoms in total. The number of para-hydroxylation sites is 2. The summed E-state index contributed by atoms with van der Waals surface area (Å²) in [5, 5.41) is 0. The van der Waals surface area contributed by atoms with Gasteiger partial charge in [-0.1, -0.05) is 18.2 Å². The van der Waals surface area contributed by atoms with Gasteiger partial charge in [0.15, 0.2) is 0 Å². The van der Waals surface area contributed by atoms with E-state index in [2.05, 4.69) is 9.97 Å². The largest absolute Gasteiger partial charge is 0.416 e. The number of aromatic amines is 1. The molecular formula is C20H18F3N3O.